The highest BCUT2D eigenvalue weighted by atomic mass is 16.6. The van der Waals surface area contributed by atoms with Gasteiger partial charge in [-0.05, 0) is 38.0 Å². The van der Waals surface area contributed by atoms with Crippen LogP contribution in [-0.2, 0) is 38.4 Å². The first-order valence-electron chi connectivity index (χ1n) is 17.1. The monoisotopic (exact) mass is 732 g/mol. The van der Waals surface area contributed by atoms with E-state index >= 15 is 0 Å². The molecule has 0 radical (unpaired) electrons. The van der Waals surface area contributed by atoms with E-state index < -0.39 is 106 Å². The molecule has 0 saturated carbocycles. The van der Waals surface area contributed by atoms with Crippen molar-refractivity contribution >= 4 is 47.1 Å². The molecule has 2 fully saturated rings. The van der Waals surface area contributed by atoms with Gasteiger partial charge in [-0.2, -0.15) is 0 Å². The van der Waals surface area contributed by atoms with Crippen LogP contribution < -0.4 is 32.0 Å². The minimum atomic E-state index is -1.54. The Morgan fingerprint density at radius 1 is 0.942 bits per heavy atom. The van der Waals surface area contributed by atoms with Crippen LogP contribution >= 0.6 is 0 Å². The topological polar surface area (TPSA) is 275 Å². The van der Waals surface area contributed by atoms with Crippen molar-refractivity contribution in [2.75, 3.05) is 13.1 Å². The molecular weight excluding hydrogens is 684 g/mol. The number of ketones is 1. The highest BCUT2D eigenvalue weighted by Crippen LogP contribution is 2.31. The number of nitrogens with one attached hydrogen (secondary N) is 6. The second kappa shape index (κ2) is 17.8. The van der Waals surface area contributed by atoms with Crippen molar-refractivity contribution < 1.29 is 48.4 Å². The van der Waals surface area contributed by atoms with E-state index in [0.29, 0.717) is 13.0 Å². The summed E-state index contributed by atoms with van der Waals surface area (Å²) in [5.41, 5.74) is 1.76. The van der Waals surface area contributed by atoms with E-state index in [1.807, 2.05) is 0 Å². The fourth-order valence-corrected chi connectivity index (χ4v) is 6.25. The molecule has 3 rings (SSSR count). The van der Waals surface area contributed by atoms with Crippen molar-refractivity contribution in [3.63, 3.8) is 0 Å². The van der Waals surface area contributed by atoms with E-state index in [0.717, 1.165) is 11.1 Å². The summed E-state index contributed by atoms with van der Waals surface area (Å²) in [4.78, 5) is 115. The number of amides is 7. The van der Waals surface area contributed by atoms with Crippen LogP contribution in [0.3, 0.4) is 0 Å². The number of hydrogen-bond acceptors (Lipinski definition) is 11. The van der Waals surface area contributed by atoms with Crippen molar-refractivity contribution in [2.45, 2.75) is 91.1 Å². The maximum atomic E-state index is 13.8. The summed E-state index contributed by atoms with van der Waals surface area (Å²) in [7, 11) is 0. The second-order valence-corrected chi connectivity index (χ2v) is 14.0. The molecule has 0 spiro atoms. The van der Waals surface area contributed by atoms with Gasteiger partial charge in [0.2, 0.25) is 35.4 Å². The first-order chi connectivity index (χ1) is 24.3. The molecule has 0 aromatic rings. The third-order valence-electron chi connectivity index (χ3n) is 8.97. The molecular formula is C33H48N8O11. The molecule has 0 aromatic carbocycles. The SMILES string of the molecule is CC(=O)NC(C(=O)NC(C(=O)NC(CC(C)C)C(=O)NC(CC1CCNC1=O)C(=O)CN1NC(=O)C2C([N+](=O)[O-])=CC=CC2C1=O)C(C)O)C(C)C. The Morgan fingerprint density at radius 2 is 1.58 bits per heavy atom. The van der Waals surface area contributed by atoms with E-state index in [9.17, 15) is 53.6 Å². The van der Waals surface area contributed by atoms with E-state index in [-0.39, 0.29) is 30.6 Å². The van der Waals surface area contributed by atoms with Gasteiger partial charge in [0.15, 0.2) is 5.78 Å². The van der Waals surface area contributed by atoms with Crippen LogP contribution in [0.25, 0.3) is 0 Å². The number of aliphatic hydroxyl groups excluding tert-OH is 1. The third kappa shape index (κ3) is 10.4. The van der Waals surface area contributed by atoms with Gasteiger partial charge in [0, 0.05) is 25.5 Å². The zero-order valence-electron chi connectivity index (χ0n) is 30.0. The number of Topliss-reactive ketones (excluding diaryl/α,β-unsaturated/α-hetero) is 1. The van der Waals surface area contributed by atoms with Crippen molar-refractivity contribution in [2.24, 2.45) is 29.6 Å². The average Bonchev–Trinajstić information content (AvgIpc) is 3.46. The smallest absolute Gasteiger partial charge is 0.259 e. The van der Waals surface area contributed by atoms with Crippen molar-refractivity contribution in [1.29, 1.82) is 0 Å². The highest BCUT2D eigenvalue weighted by Gasteiger charge is 2.49. The summed E-state index contributed by atoms with van der Waals surface area (Å²) in [5.74, 6) is -9.69. The predicted octanol–water partition coefficient (Wildman–Crippen LogP) is -2.04. The number of rotatable bonds is 17. The lowest BCUT2D eigenvalue weighted by Gasteiger charge is -2.36. The number of nitrogens with zero attached hydrogens (tertiary/aromatic N) is 2. The number of fused-ring (bicyclic) bond motifs is 1. The molecule has 1 aliphatic carbocycles. The van der Waals surface area contributed by atoms with E-state index in [2.05, 4.69) is 32.0 Å². The highest BCUT2D eigenvalue weighted by molar-refractivity contribution is 6.00. The maximum absolute atomic E-state index is 13.8. The van der Waals surface area contributed by atoms with Gasteiger partial charge in [-0.1, -0.05) is 39.8 Å². The molecule has 0 bridgehead atoms. The summed E-state index contributed by atoms with van der Waals surface area (Å²) in [6.45, 7) is 8.95. The normalized spacial score (nSPS) is 22.6. The first-order valence-corrected chi connectivity index (χ1v) is 17.1. The van der Waals surface area contributed by atoms with Gasteiger partial charge < -0.3 is 31.7 Å². The number of hydrogen-bond donors (Lipinski definition) is 7. The molecule has 286 valence electrons. The summed E-state index contributed by atoms with van der Waals surface area (Å²) < 4.78 is 0. The van der Waals surface area contributed by atoms with Gasteiger partial charge in [-0.3, -0.25) is 53.9 Å². The summed E-state index contributed by atoms with van der Waals surface area (Å²) in [5, 5.41) is 35.4. The average molecular weight is 733 g/mol. The number of nitro groups is 1. The Morgan fingerprint density at radius 3 is 2.12 bits per heavy atom. The van der Waals surface area contributed by atoms with Crippen molar-refractivity contribution in [1.82, 2.24) is 37.0 Å². The van der Waals surface area contributed by atoms with Crippen LogP contribution in [0.2, 0.25) is 0 Å². The lowest BCUT2D eigenvalue weighted by atomic mass is 9.83. The second-order valence-electron chi connectivity index (χ2n) is 14.0. The quantitative estimate of drug-likeness (QED) is 0.0632. The van der Waals surface area contributed by atoms with Crippen LogP contribution in [0.4, 0.5) is 0 Å². The Balaban J connectivity index is 1.82. The fraction of sp³-hybridized carbons (Fsp3) is 0.636. The minimum Gasteiger partial charge on any atom is -0.391 e. The molecule has 8 unspecified atom stereocenters. The molecule has 2 heterocycles. The fourth-order valence-electron chi connectivity index (χ4n) is 6.25. The zero-order chi connectivity index (χ0) is 39.0. The standard InChI is InChI=1S/C33H48N8O11/c1-15(2)12-22(37-32(49)27(17(5)42)38-31(48)26(16(3)4)35-18(6)43)29(46)36-21(13-19-10-11-34-28(19)45)24(44)14-40-33(50)20-8-7-9-23(41(51)52)25(20)30(47)39-40/h7-9,15-17,19-22,25-27,42H,10-14H2,1-6H3,(H,34,45)(H,35,43)(H,36,46)(H,37,49)(H,38,48)(H,39,47). The first kappa shape index (κ1) is 41.2. The molecule has 19 nitrogen and oxygen atoms in total. The molecule has 3 aliphatic rings. The maximum Gasteiger partial charge on any atom is 0.259 e. The Kier molecular flexibility index (Phi) is 14.1. The molecule has 52 heavy (non-hydrogen) atoms. The molecule has 2 saturated heterocycles. The molecule has 8 atom stereocenters. The van der Waals surface area contributed by atoms with E-state index in [1.54, 1.807) is 27.7 Å². The van der Waals surface area contributed by atoms with Gasteiger partial charge in [0.05, 0.1) is 23.0 Å². The molecule has 7 N–H and O–H groups in total. The van der Waals surface area contributed by atoms with Crippen LogP contribution in [0.1, 0.15) is 60.8 Å². The number of allylic oxidation sites excluding steroid dienone is 2. The van der Waals surface area contributed by atoms with Crippen molar-refractivity contribution in [3.05, 3.63) is 34.0 Å². The number of aliphatic hydroxyl groups is 1. The molecule has 19 heteroatoms. The van der Waals surface area contributed by atoms with Gasteiger partial charge in [-0.25, -0.2) is 5.01 Å². The summed E-state index contributed by atoms with van der Waals surface area (Å²) in [6.07, 6.45) is 2.50. The third-order valence-corrected chi connectivity index (χ3v) is 8.97. The van der Waals surface area contributed by atoms with Crippen LogP contribution in [-0.4, -0.2) is 106 Å². The van der Waals surface area contributed by atoms with Crippen molar-refractivity contribution in [3.8, 4) is 0 Å². The zero-order valence-corrected chi connectivity index (χ0v) is 30.0. The number of carbonyl (C=O) groups is 8. The van der Waals surface area contributed by atoms with Gasteiger partial charge in [0.25, 0.3) is 11.6 Å². The van der Waals surface area contributed by atoms with Gasteiger partial charge in [-0.15, -0.1) is 0 Å². The Labute approximate surface area is 300 Å². The molecule has 7 amide bonds. The van der Waals surface area contributed by atoms with E-state index in [4.69, 9.17) is 0 Å². The predicted molar refractivity (Wildman–Crippen MR) is 181 cm³/mol. The van der Waals surface area contributed by atoms with E-state index in [1.165, 1.54) is 26.0 Å². The molecule has 0 aromatic heterocycles. The van der Waals surface area contributed by atoms with Gasteiger partial charge >= 0.3 is 0 Å². The van der Waals surface area contributed by atoms with Crippen LogP contribution in [0, 0.1) is 39.7 Å². The lowest BCUT2D eigenvalue weighted by Crippen LogP contribution is -2.62. The Hall–Kier alpha value is -5.20. The number of carbonyl (C=O) groups excluding carboxylic acids is 8. The lowest BCUT2D eigenvalue weighted by molar-refractivity contribution is -0.433. The Bertz CT molecular complexity index is 1520. The van der Waals surface area contributed by atoms with Crippen LogP contribution in [0.5, 0.6) is 0 Å². The summed E-state index contributed by atoms with van der Waals surface area (Å²) >= 11 is 0. The number of hydrazine groups is 1. The summed E-state index contributed by atoms with van der Waals surface area (Å²) in [6, 6.07) is -5.25. The van der Waals surface area contributed by atoms with Crippen LogP contribution in [0.15, 0.2) is 23.9 Å². The minimum absolute atomic E-state index is 0.0474. The van der Waals surface area contributed by atoms with Gasteiger partial charge in [0.1, 0.15) is 30.6 Å². The molecule has 2 aliphatic heterocycles. The largest absolute Gasteiger partial charge is 0.391 e.